The summed E-state index contributed by atoms with van der Waals surface area (Å²) in [5.41, 5.74) is 10.2. The highest BCUT2D eigenvalue weighted by atomic mass is 19.1. The molecule has 7 rings (SSSR count). The number of halogens is 1. The van der Waals surface area contributed by atoms with Crippen LogP contribution >= 0.6 is 0 Å². The molecule has 0 unspecified atom stereocenters. The lowest BCUT2D eigenvalue weighted by molar-refractivity contribution is -0.0874. The number of anilines is 2. The van der Waals surface area contributed by atoms with Crippen molar-refractivity contribution in [2.45, 2.75) is 87.7 Å². The van der Waals surface area contributed by atoms with Gasteiger partial charge in [0.2, 0.25) is 0 Å². The first-order chi connectivity index (χ1) is 19.9. The van der Waals surface area contributed by atoms with Crippen LogP contribution in [0.15, 0.2) is 12.1 Å². The minimum atomic E-state index is -0.817. The van der Waals surface area contributed by atoms with Crippen LogP contribution in [0.5, 0.6) is 6.01 Å². The number of hydrogen-bond donors (Lipinski definition) is 1. The van der Waals surface area contributed by atoms with Gasteiger partial charge in [0.25, 0.3) is 0 Å². The molecule has 3 fully saturated rings. The lowest BCUT2D eigenvalue weighted by Gasteiger charge is -2.46. The van der Waals surface area contributed by atoms with Gasteiger partial charge in [-0.3, -0.25) is 4.90 Å². The summed E-state index contributed by atoms with van der Waals surface area (Å²) in [5.74, 6) is 1.14. The summed E-state index contributed by atoms with van der Waals surface area (Å²) < 4.78 is 33.1. The molecule has 1 aromatic heterocycles. The SMILES string of the molecule is COC[C@H]1CCN1c1nc(OC[C@@]23CCCN2C[C@H](F)C3)nc2c1CO[C@@]1(CC[C@H](C)c3ccc(N)c(C#N)c31)C2. The average molecular weight is 563 g/mol. The molecule has 0 bridgehead atoms. The highest BCUT2D eigenvalue weighted by Gasteiger charge is 2.50. The van der Waals surface area contributed by atoms with Crippen molar-refractivity contribution in [2.75, 3.05) is 50.6 Å². The van der Waals surface area contributed by atoms with Gasteiger partial charge < -0.3 is 24.8 Å². The molecule has 9 nitrogen and oxygen atoms in total. The fraction of sp³-hybridized carbons (Fsp3) is 0.645. The van der Waals surface area contributed by atoms with Crippen LogP contribution in [-0.2, 0) is 28.1 Å². The lowest BCUT2D eigenvalue weighted by Crippen LogP contribution is -2.52. The second kappa shape index (κ2) is 10.1. The minimum absolute atomic E-state index is 0.232. The molecule has 5 heterocycles. The number of benzene rings is 1. The molecule has 0 amide bonds. The maximum absolute atomic E-state index is 14.4. The van der Waals surface area contributed by atoms with Gasteiger partial charge in [-0.05, 0) is 56.2 Å². The Morgan fingerprint density at radius 2 is 2.12 bits per heavy atom. The Balaban J connectivity index is 1.27. The number of nitriles is 1. The maximum Gasteiger partial charge on any atom is 0.318 e. The van der Waals surface area contributed by atoms with E-state index in [9.17, 15) is 9.65 Å². The quantitative estimate of drug-likeness (QED) is 0.523. The van der Waals surface area contributed by atoms with Crippen LogP contribution in [0.1, 0.15) is 79.3 Å². The highest BCUT2D eigenvalue weighted by Crippen LogP contribution is 2.51. The molecule has 0 radical (unpaired) electrons. The molecular formula is C31H39FN6O3. The van der Waals surface area contributed by atoms with E-state index in [4.69, 9.17) is 29.9 Å². The van der Waals surface area contributed by atoms with Gasteiger partial charge in [0.15, 0.2) is 0 Å². The van der Waals surface area contributed by atoms with E-state index < -0.39 is 11.8 Å². The van der Waals surface area contributed by atoms with Crippen LogP contribution in [0.25, 0.3) is 0 Å². The second-order valence-corrected chi connectivity index (χ2v) is 12.7. The molecule has 10 heteroatoms. The average Bonchev–Trinajstić information content (AvgIpc) is 3.47. The normalized spacial score (nSPS) is 32.2. The Morgan fingerprint density at radius 3 is 2.90 bits per heavy atom. The van der Waals surface area contributed by atoms with Crippen molar-refractivity contribution in [1.82, 2.24) is 14.9 Å². The van der Waals surface area contributed by atoms with Crippen LogP contribution in [0, 0.1) is 11.3 Å². The fourth-order valence-electron chi connectivity index (χ4n) is 8.06. The molecule has 5 atom stereocenters. The van der Waals surface area contributed by atoms with E-state index in [1.54, 1.807) is 7.11 Å². The molecule has 3 saturated heterocycles. The van der Waals surface area contributed by atoms with Crippen LogP contribution in [0.4, 0.5) is 15.9 Å². The summed E-state index contributed by atoms with van der Waals surface area (Å²) in [6.07, 6.45) is 4.93. The van der Waals surface area contributed by atoms with E-state index in [2.05, 4.69) is 28.9 Å². The van der Waals surface area contributed by atoms with Gasteiger partial charge in [-0.1, -0.05) is 13.0 Å². The molecule has 1 aliphatic carbocycles. The Morgan fingerprint density at radius 1 is 1.24 bits per heavy atom. The third-order valence-corrected chi connectivity index (χ3v) is 10.4. The number of alkyl halides is 1. The fourth-order valence-corrected chi connectivity index (χ4v) is 8.06. The Hall–Kier alpha value is -3.00. The predicted octanol–water partition coefficient (Wildman–Crippen LogP) is 3.98. The third-order valence-electron chi connectivity index (χ3n) is 10.4. The van der Waals surface area contributed by atoms with E-state index in [0.717, 1.165) is 73.4 Å². The van der Waals surface area contributed by atoms with Crippen LogP contribution in [0.2, 0.25) is 0 Å². The zero-order valence-electron chi connectivity index (χ0n) is 24.0. The van der Waals surface area contributed by atoms with Gasteiger partial charge >= 0.3 is 6.01 Å². The third kappa shape index (κ3) is 4.27. The first kappa shape index (κ1) is 26.9. The Labute approximate surface area is 240 Å². The second-order valence-electron chi connectivity index (χ2n) is 12.7. The summed E-state index contributed by atoms with van der Waals surface area (Å²) in [7, 11) is 1.72. The number of nitrogens with zero attached hydrogens (tertiary/aromatic N) is 5. The molecule has 5 aliphatic rings. The standard InChI is InChI=1S/C31H39FN6O3/c1-19-6-9-31(27-22(19)4-5-25(34)23(27)14-33)13-26-24(17-41-31)28(38-11-7-21(38)16-39-2)36-29(35-26)40-18-30-8-3-10-37(30)15-20(32)12-30/h4-5,19-21H,3,6-13,15-18,34H2,1-2H3/t19-,20+,21+,30-,31-/m0/s1. The van der Waals surface area contributed by atoms with Gasteiger partial charge in [-0.25, -0.2) is 4.39 Å². The summed E-state index contributed by atoms with van der Waals surface area (Å²) in [6.45, 7) is 5.80. The van der Waals surface area contributed by atoms with Crippen LogP contribution in [-0.4, -0.2) is 72.6 Å². The molecule has 0 saturated carbocycles. The molecule has 41 heavy (non-hydrogen) atoms. The number of nitrogen functional groups attached to an aromatic ring is 1. The smallest absolute Gasteiger partial charge is 0.318 e. The van der Waals surface area contributed by atoms with Gasteiger partial charge in [0, 0.05) is 49.9 Å². The molecule has 218 valence electrons. The van der Waals surface area contributed by atoms with Gasteiger partial charge in [-0.15, -0.1) is 0 Å². The summed E-state index contributed by atoms with van der Waals surface area (Å²) in [5, 5.41) is 10.1. The van der Waals surface area contributed by atoms with Gasteiger partial charge in [0.05, 0.1) is 36.1 Å². The van der Waals surface area contributed by atoms with Crippen molar-refractivity contribution in [2.24, 2.45) is 0 Å². The first-order valence-electron chi connectivity index (χ1n) is 15.0. The molecule has 2 N–H and O–H groups in total. The van der Waals surface area contributed by atoms with E-state index in [-0.39, 0.29) is 11.6 Å². The van der Waals surface area contributed by atoms with Crippen molar-refractivity contribution in [3.8, 4) is 12.1 Å². The van der Waals surface area contributed by atoms with Crippen molar-refractivity contribution in [1.29, 1.82) is 5.26 Å². The molecule has 4 aliphatic heterocycles. The van der Waals surface area contributed by atoms with E-state index >= 15 is 0 Å². The van der Waals surface area contributed by atoms with Crippen molar-refractivity contribution in [3.63, 3.8) is 0 Å². The lowest BCUT2D eigenvalue weighted by atomic mass is 9.69. The number of ether oxygens (including phenoxy) is 3. The highest BCUT2D eigenvalue weighted by molar-refractivity contribution is 5.64. The zero-order valence-corrected chi connectivity index (χ0v) is 24.0. The largest absolute Gasteiger partial charge is 0.461 e. The van der Waals surface area contributed by atoms with Crippen molar-refractivity contribution < 1.29 is 18.6 Å². The summed E-state index contributed by atoms with van der Waals surface area (Å²) in [4.78, 5) is 14.5. The number of aromatic nitrogens is 2. The number of fused-ring (bicyclic) bond motifs is 4. The molecule has 1 spiro atoms. The Kier molecular flexibility index (Phi) is 6.60. The van der Waals surface area contributed by atoms with E-state index in [1.165, 1.54) is 0 Å². The minimum Gasteiger partial charge on any atom is -0.461 e. The molecule has 2 aromatic rings. The maximum atomic E-state index is 14.4. The molecular weight excluding hydrogens is 523 g/mol. The van der Waals surface area contributed by atoms with Gasteiger partial charge in [0.1, 0.15) is 30.3 Å². The topological polar surface area (TPSA) is 110 Å². The number of nitrogens with two attached hydrogens (primary N) is 1. The molecule has 1 aromatic carbocycles. The number of rotatable bonds is 6. The van der Waals surface area contributed by atoms with Crippen LogP contribution < -0.4 is 15.4 Å². The van der Waals surface area contributed by atoms with Crippen LogP contribution in [0.3, 0.4) is 0 Å². The monoisotopic (exact) mass is 562 g/mol. The van der Waals surface area contributed by atoms with E-state index in [1.807, 2.05) is 6.07 Å². The first-order valence-corrected chi connectivity index (χ1v) is 15.0. The number of methoxy groups -OCH3 is 1. The summed E-state index contributed by atoms with van der Waals surface area (Å²) >= 11 is 0. The van der Waals surface area contributed by atoms with Crippen molar-refractivity contribution >= 4 is 11.5 Å². The van der Waals surface area contributed by atoms with Gasteiger partial charge in [-0.2, -0.15) is 15.2 Å². The number of hydrogen-bond acceptors (Lipinski definition) is 9. The summed E-state index contributed by atoms with van der Waals surface area (Å²) in [6, 6.07) is 6.83. The van der Waals surface area contributed by atoms with E-state index in [0.29, 0.717) is 62.4 Å². The predicted molar refractivity (Wildman–Crippen MR) is 152 cm³/mol. The van der Waals surface area contributed by atoms with Crippen molar-refractivity contribution in [3.05, 3.63) is 40.1 Å². The zero-order chi connectivity index (χ0) is 28.4. The Bertz CT molecular complexity index is 1400.